The van der Waals surface area contributed by atoms with Crippen molar-refractivity contribution in [2.24, 2.45) is 7.05 Å². The van der Waals surface area contributed by atoms with Crippen LogP contribution in [0.1, 0.15) is 12.6 Å². The van der Waals surface area contributed by atoms with Crippen molar-refractivity contribution in [3.05, 3.63) is 11.9 Å². The van der Waals surface area contributed by atoms with Crippen LogP contribution in [-0.2, 0) is 18.4 Å². The lowest BCUT2D eigenvalue weighted by Gasteiger charge is -2.05. The third kappa shape index (κ3) is 4.04. The Morgan fingerprint density at radius 1 is 1.56 bits per heavy atom. The lowest BCUT2D eigenvalue weighted by atomic mass is 10.5. The summed E-state index contributed by atoms with van der Waals surface area (Å²) in [5, 5.41) is 14.3. The Morgan fingerprint density at radius 3 is 2.83 bits per heavy atom. The Balaban J connectivity index is 2.42. The fourth-order valence-corrected chi connectivity index (χ4v) is 1.97. The largest absolute Gasteiger partial charge is 0.390 e. The number of aliphatic hydroxyl groups excluding tert-OH is 1. The van der Waals surface area contributed by atoms with Gasteiger partial charge in [-0.1, -0.05) is 11.8 Å². The number of amides is 3. The Kier molecular flexibility index (Phi) is 5.66. The predicted molar refractivity (Wildman–Crippen MR) is 67.1 cm³/mol. The molecular weight excluding hydrogens is 256 g/mol. The van der Waals surface area contributed by atoms with E-state index in [1.807, 2.05) is 0 Å². The third-order valence-corrected chi connectivity index (χ3v) is 3.17. The summed E-state index contributed by atoms with van der Waals surface area (Å²) in [4.78, 5) is 26.5. The molecule has 0 unspecified atom stereocenters. The topological polar surface area (TPSA) is 96.2 Å². The first-order valence-electron chi connectivity index (χ1n) is 5.40. The molecule has 0 aliphatic rings. The molecule has 0 saturated carbocycles. The number of urea groups is 1. The van der Waals surface area contributed by atoms with E-state index in [-0.39, 0.29) is 18.3 Å². The normalized spacial score (nSPS) is 10.2. The van der Waals surface area contributed by atoms with Gasteiger partial charge in [-0.15, -0.1) is 0 Å². The van der Waals surface area contributed by atoms with Gasteiger partial charge in [0.2, 0.25) is 5.91 Å². The maximum Gasteiger partial charge on any atom is 0.321 e. The lowest BCUT2D eigenvalue weighted by molar-refractivity contribution is -0.117. The van der Waals surface area contributed by atoms with Crippen LogP contribution in [-0.4, -0.2) is 38.9 Å². The van der Waals surface area contributed by atoms with Gasteiger partial charge in [0.15, 0.2) is 5.16 Å². The number of imidazole rings is 1. The molecule has 0 radical (unpaired) electrons. The highest BCUT2D eigenvalue weighted by molar-refractivity contribution is 7.99. The Bertz CT molecular complexity index is 433. The van der Waals surface area contributed by atoms with Crippen molar-refractivity contribution in [2.45, 2.75) is 18.7 Å². The smallest absolute Gasteiger partial charge is 0.321 e. The first kappa shape index (κ1) is 14.5. The van der Waals surface area contributed by atoms with Gasteiger partial charge < -0.3 is 15.0 Å². The molecule has 1 heterocycles. The van der Waals surface area contributed by atoms with Gasteiger partial charge in [-0.05, 0) is 6.92 Å². The van der Waals surface area contributed by atoms with Crippen LogP contribution < -0.4 is 10.6 Å². The van der Waals surface area contributed by atoms with Gasteiger partial charge in [-0.2, -0.15) is 0 Å². The molecule has 18 heavy (non-hydrogen) atoms. The molecule has 1 rings (SSSR count). The molecule has 7 nitrogen and oxygen atoms in total. The molecule has 0 fully saturated rings. The van der Waals surface area contributed by atoms with E-state index >= 15 is 0 Å². The minimum absolute atomic E-state index is 0.0901. The molecule has 0 aliphatic heterocycles. The van der Waals surface area contributed by atoms with Crippen LogP contribution in [0.3, 0.4) is 0 Å². The average molecular weight is 272 g/mol. The second kappa shape index (κ2) is 7.02. The zero-order chi connectivity index (χ0) is 13.5. The van der Waals surface area contributed by atoms with Gasteiger partial charge in [0.1, 0.15) is 0 Å². The van der Waals surface area contributed by atoms with Crippen LogP contribution in [0.5, 0.6) is 0 Å². The molecule has 1 aromatic heterocycles. The third-order valence-electron chi connectivity index (χ3n) is 2.13. The van der Waals surface area contributed by atoms with Crippen molar-refractivity contribution < 1.29 is 14.7 Å². The van der Waals surface area contributed by atoms with Crippen molar-refractivity contribution >= 4 is 23.7 Å². The lowest BCUT2D eigenvalue weighted by Crippen LogP contribution is -2.40. The summed E-state index contributed by atoms with van der Waals surface area (Å²) in [6, 6.07) is -0.501. The highest BCUT2D eigenvalue weighted by Crippen LogP contribution is 2.16. The van der Waals surface area contributed by atoms with Crippen molar-refractivity contribution in [1.82, 2.24) is 20.2 Å². The summed E-state index contributed by atoms with van der Waals surface area (Å²) < 4.78 is 1.70. The number of nitrogens with one attached hydrogen (secondary N) is 2. The van der Waals surface area contributed by atoms with E-state index in [9.17, 15) is 9.59 Å². The number of aliphatic hydroxyl groups is 1. The van der Waals surface area contributed by atoms with E-state index in [0.29, 0.717) is 17.4 Å². The van der Waals surface area contributed by atoms with Crippen molar-refractivity contribution in [3.63, 3.8) is 0 Å². The minimum Gasteiger partial charge on any atom is -0.390 e. The van der Waals surface area contributed by atoms with Gasteiger partial charge in [0, 0.05) is 13.6 Å². The first-order chi connectivity index (χ1) is 8.58. The average Bonchev–Trinajstić information content (AvgIpc) is 2.67. The first-order valence-corrected chi connectivity index (χ1v) is 6.39. The molecule has 3 N–H and O–H groups in total. The molecule has 0 aliphatic carbocycles. The summed E-state index contributed by atoms with van der Waals surface area (Å²) in [5.41, 5.74) is 0.668. The summed E-state index contributed by atoms with van der Waals surface area (Å²) in [7, 11) is 1.75. The van der Waals surface area contributed by atoms with E-state index in [0.717, 1.165) is 0 Å². The van der Waals surface area contributed by atoms with Gasteiger partial charge >= 0.3 is 6.03 Å². The fraction of sp³-hybridized carbons (Fsp3) is 0.500. The predicted octanol–water partition coefficient (Wildman–Crippen LogP) is -0.150. The molecule has 100 valence electrons. The number of thioether (sulfide) groups is 1. The van der Waals surface area contributed by atoms with Crippen molar-refractivity contribution in [3.8, 4) is 0 Å². The van der Waals surface area contributed by atoms with Crippen molar-refractivity contribution in [2.75, 3.05) is 12.3 Å². The molecule has 0 spiro atoms. The second-order valence-corrected chi connectivity index (χ2v) is 4.39. The monoisotopic (exact) mass is 272 g/mol. The number of carbonyl (C=O) groups is 2. The van der Waals surface area contributed by atoms with Crippen LogP contribution in [0.25, 0.3) is 0 Å². The minimum atomic E-state index is -0.501. The molecule has 8 heteroatoms. The fourth-order valence-electron chi connectivity index (χ4n) is 1.20. The number of imide groups is 1. The van der Waals surface area contributed by atoms with Crippen LogP contribution in [0.4, 0.5) is 4.79 Å². The molecular formula is C10H16N4O3S. The number of nitrogens with zero attached hydrogens (tertiary/aromatic N) is 2. The van der Waals surface area contributed by atoms with Gasteiger partial charge in [-0.3, -0.25) is 10.1 Å². The van der Waals surface area contributed by atoms with Gasteiger partial charge in [0.05, 0.1) is 24.3 Å². The maximum absolute atomic E-state index is 11.4. The summed E-state index contributed by atoms with van der Waals surface area (Å²) in [5.74, 6) is -0.299. The summed E-state index contributed by atoms with van der Waals surface area (Å²) >= 11 is 1.20. The van der Waals surface area contributed by atoms with Crippen LogP contribution in [0, 0.1) is 0 Å². The highest BCUT2D eigenvalue weighted by Gasteiger charge is 2.11. The van der Waals surface area contributed by atoms with E-state index < -0.39 is 6.03 Å². The van der Waals surface area contributed by atoms with E-state index in [1.165, 1.54) is 11.8 Å². The molecule has 0 saturated heterocycles. The zero-order valence-corrected chi connectivity index (χ0v) is 11.1. The number of hydrogen-bond acceptors (Lipinski definition) is 5. The second-order valence-electron chi connectivity index (χ2n) is 3.45. The van der Waals surface area contributed by atoms with Crippen molar-refractivity contribution in [1.29, 1.82) is 0 Å². The van der Waals surface area contributed by atoms with Crippen LogP contribution >= 0.6 is 11.8 Å². The molecule has 1 aromatic rings. The zero-order valence-electron chi connectivity index (χ0n) is 10.3. The Morgan fingerprint density at radius 2 is 2.28 bits per heavy atom. The number of carbonyl (C=O) groups excluding carboxylic acids is 2. The van der Waals surface area contributed by atoms with Crippen LogP contribution in [0.15, 0.2) is 11.4 Å². The Hall–Kier alpha value is -1.54. The molecule has 0 bridgehead atoms. The molecule has 0 atom stereocenters. The van der Waals surface area contributed by atoms with Crippen LogP contribution in [0.2, 0.25) is 0 Å². The number of aromatic nitrogens is 2. The van der Waals surface area contributed by atoms with E-state index in [2.05, 4.69) is 15.6 Å². The van der Waals surface area contributed by atoms with Gasteiger partial charge in [0.25, 0.3) is 0 Å². The Labute approximate surface area is 109 Å². The molecule has 0 aromatic carbocycles. The van der Waals surface area contributed by atoms with Gasteiger partial charge in [-0.25, -0.2) is 9.78 Å². The number of rotatable bonds is 5. The standard InChI is InChI=1S/C10H16N4O3S/c1-3-11-9(17)13-8(16)6-18-10-12-4-7(5-15)14(10)2/h4,15H,3,5-6H2,1-2H3,(H2,11,13,16,17). The highest BCUT2D eigenvalue weighted by atomic mass is 32.2. The van der Waals surface area contributed by atoms with E-state index in [4.69, 9.17) is 5.11 Å². The summed E-state index contributed by atoms with van der Waals surface area (Å²) in [6.45, 7) is 2.13. The van der Waals surface area contributed by atoms with E-state index in [1.54, 1.807) is 24.7 Å². The number of hydrogen-bond donors (Lipinski definition) is 3. The SMILES string of the molecule is CCNC(=O)NC(=O)CSc1ncc(CO)n1C. The molecule has 3 amide bonds. The summed E-state index contributed by atoms with van der Waals surface area (Å²) in [6.07, 6.45) is 1.55. The quantitative estimate of drug-likeness (QED) is 0.648. The maximum atomic E-state index is 11.4.